The van der Waals surface area contributed by atoms with Gasteiger partial charge in [0.25, 0.3) is 5.82 Å². The second-order valence-corrected chi connectivity index (χ2v) is 3.85. The van der Waals surface area contributed by atoms with Crippen molar-refractivity contribution < 1.29 is 9.53 Å². The first-order valence-corrected chi connectivity index (χ1v) is 5.39. The Labute approximate surface area is 94.6 Å². The molecule has 90 valence electrons. The topological polar surface area (TPSA) is 93.9 Å². The average molecular weight is 226 g/mol. The summed E-state index contributed by atoms with van der Waals surface area (Å²) in [4.78, 5) is 15.4. The van der Waals surface area contributed by atoms with Gasteiger partial charge in [-0.1, -0.05) is 13.8 Å². The molecule has 0 amide bonds. The number of aromatic amines is 1. The van der Waals surface area contributed by atoms with E-state index >= 15 is 0 Å². The van der Waals surface area contributed by atoms with Crippen molar-refractivity contribution >= 4 is 5.97 Å². The lowest BCUT2D eigenvalue weighted by atomic mass is 9.95. The molecule has 0 saturated carbocycles. The monoisotopic (exact) mass is 226 g/mol. The molecule has 1 rings (SSSR count). The fraction of sp³-hybridized carbons (Fsp3) is 0.700. The first kappa shape index (κ1) is 12.6. The normalized spacial score (nSPS) is 12.8. The van der Waals surface area contributed by atoms with Gasteiger partial charge >= 0.3 is 5.97 Å². The quantitative estimate of drug-likeness (QED) is 0.720. The van der Waals surface area contributed by atoms with Crippen LogP contribution in [0.2, 0.25) is 0 Å². The molecule has 1 atom stereocenters. The van der Waals surface area contributed by atoms with Crippen molar-refractivity contribution in [2.45, 2.75) is 26.7 Å². The Morgan fingerprint density at radius 1 is 1.56 bits per heavy atom. The number of H-pyrrole nitrogens is 1. The number of esters is 1. The summed E-state index contributed by atoms with van der Waals surface area (Å²) < 4.78 is 4.80. The largest absolute Gasteiger partial charge is 0.460 e. The minimum atomic E-state index is -0.510. The fourth-order valence-corrected chi connectivity index (χ4v) is 1.43. The zero-order valence-corrected chi connectivity index (χ0v) is 9.86. The van der Waals surface area contributed by atoms with Crippen LogP contribution in [0, 0.1) is 5.92 Å². The standard InChI is InChI=1S/C10H18N4O2/c1-4-16-10(15)9-12-8(13-14-9)7(5-11)6(2)3/h6-7H,4-5,11H2,1-3H3,(H,12,13,14). The summed E-state index contributed by atoms with van der Waals surface area (Å²) in [6.07, 6.45) is 0. The number of aromatic nitrogens is 3. The molecule has 0 aliphatic rings. The number of rotatable bonds is 5. The molecule has 0 saturated heterocycles. The van der Waals surface area contributed by atoms with Gasteiger partial charge in [-0.3, -0.25) is 5.10 Å². The number of carbonyl (C=O) groups is 1. The zero-order chi connectivity index (χ0) is 12.1. The van der Waals surface area contributed by atoms with Crippen LogP contribution in [0.15, 0.2) is 0 Å². The molecule has 1 unspecified atom stereocenters. The molecule has 3 N–H and O–H groups in total. The van der Waals surface area contributed by atoms with Gasteiger partial charge < -0.3 is 10.5 Å². The molecule has 0 bridgehead atoms. The van der Waals surface area contributed by atoms with Crippen LogP contribution in [0.4, 0.5) is 0 Å². The average Bonchev–Trinajstić information content (AvgIpc) is 2.68. The van der Waals surface area contributed by atoms with Crippen LogP contribution >= 0.6 is 0 Å². The molecular weight excluding hydrogens is 208 g/mol. The smallest absolute Gasteiger partial charge is 0.378 e. The molecule has 6 heteroatoms. The Kier molecular flexibility index (Phi) is 4.42. The van der Waals surface area contributed by atoms with Crippen LogP contribution in [0.1, 0.15) is 43.1 Å². The van der Waals surface area contributed by atoms with Gasteiger partial charge in [-0.15, -0.1) is 5.10 Å². The number of nitrogens with one attached hydrogen (secondary N) is 1. The number of nitrogens with zero attached hydrogens (tertiary/aromatic N) is 2. The SMILES string of the molecule is CCOC(=O)c1n[nH]c(C(CN)C(C)C)n1. The van der Waals surface area contributed by atoms with Gasteiger partial charge in [0.2, 0.25) is 0 Å². The molecule has 0 fully saturated rings. The third-order valence-corrected chi connectivity index (χ3v) is 2.37. The van der Waals surface area contributed by atoms with E-state index in [1.54, 1.807) is 6.92 Å². The molecule has 0 spiro atoms. The van der Waals surface area contributed by atoms with Gasteiger partial charge in [-0.25, -0.2) is 9.78 Å². The van der Waals surface area contributed by atoms with Gasteiger partial charge in [-0.2, -0.15) is 0 Å². The summed E-state index contributed by atoms with van der Waals surface area (Å²) in [6.45, 7) is 6.61. The number of nitrogens with two attached hydrogens (primary N) is 1. The summed E-state index contributed by atoms with van der Waals surface area (Å²) in [5, 5.41) is 6.56. The zero-order valence-electron chi connectivity index (χ0n) is 9.86. The van der Waals surface area contributed by atoms with Gasteiger partial charge in [0, 0.05) is 12.5 Å². The van der Waals surface area contributed by atoms with E-state index in [1.165, 1.54) is 0 Å². The first-order chi connectivity index (χ1) is 7.60. The van der Waals surface area contributed by atoms with E-state index in [9.17, 15) is 4.79 Å². The van der Waals surface area contributed by atoms with Gasteiger partial charge in [-0.05, 0) is 12.8 Å². The lowest BCUT2D eigenvalue weighted by Crippen LogP contribution is -2.19. The Bertz CT molecular complexity index is 348. The molecule has 1 heterocycles. The maximum atomic E-state index is 11.3. The summed E-state index contributed by atoms with van der Waals surface area (Å²) in [5.41, 5.74) is 5.65. The summed E-state index contributed by atoms with van der Waals surface area (Å²) in [7, 11) is 0. The third kappa shape index (κ3) is 2.79. The lowest BCUT2D eigenvalue weighted by molar-refractivity contribution is 0.0512. The predicted octanol–water partition coefficient (Wildman–Crippen LogP) is 0.680. The van der Waals surface area contributed by atoms with Crippen molar-refractivity contribution in [1.29, 1.82) is 0 Å². The minimum absolute atomic E-state index is 0.0657. The molecule has 0 aliphatic carbocycles. The van der Waals surface area contributed by atoms with E-state index in [1.807, 2.05) is 13.8 Å². The van der Waals surface area contributed by atoms with Crippen molar-refractivity contribution in [3.63, 3.8) is 0 Å². The first-order valence-electron chi connectivity index (χ1n) is 5.39. The van der Waals surface area contributed by atoms with E-state index in [4.69, 9.17) is 10.5 Å². The predicted molar refractivity (Wildman–Crippen MR) is 59.0 cm³/mol. The summed E-state index contributed by atoms with van der Waals surface area (Å²) in [6, 6.07) is 0. The van der Waals surface area contributed by atoms with Gasteiger partial charge in [0.05, 0.1) is 6.61 Å². The van der Waals surface area contributed by atoms with E-state index in [0.29, 0.717) is 24.9 Å². The summed E-state index contributed by atoms with van der Waals surface area (Å²) in [5.74, 6) is 0.615. The van der Waals surface area contributed by atoms with Gasteiger partial charge in [0.15, 0.2) is 0 Å². The Morgan fingerprint density at radius 2 is 2.25 bits per heavy atom. The Balaban J connectivity index is 2.81. The Morgan fingerprint density at radius 3 is 2.75 bits per heavy atom. The van der Waals surface area contributed by atoms with Crippen molar-refractivity contribution in [3.05, 3.63) is 11.6 Å². The van der Waals surface area contributed by atoms with Crippen LogP contribution in [0.25, 0.3) is 0 Å². The molecule has 16 heavy (non-hydrogen) atoms. The van der Waals surface area contributed by atoms with Gasteiger partial charge in [0.1, 0.15) is 5.82 Å². The Hall–Kier alpha value is -1.43. The number of ether oxygens (including phenoxy) is 1. The second-order valence-electron chi connectivity index (χ2n) is 3.85. The molecule has 1 aromatic rings. The highest BCUT2D eigenvalue weighted by molar-refractivity contribution is 5.84. The van der Waals surface area contributed by atoms with E-state index < -0.39 is 5.97 Å². The highest BCUT2D eigenvalue weighted by Crippen LogP contribution is 2.19. The highest BCUT2D eigenvalue weighted by Gasteiger charge is 2.21. The number of hydrogen-bond acceptors (Lipinski definition) is 5. The van der Waals surface area contributed by atoms with Crippen molar-refractivity contribution in [3.8, 4) is 0 Å². The molecule has 1 aromatic heterocycles. The van der Waals surface area contributed by atoms with Crippen molar-refractivity contribution in [2.24, 2.45) is 11.7 Å². The van der Waals surface area contributed by atoms with Crippen LogP contribution in [-0.4, -0.2) is 34.3 Å². The van der Waals surface area contributed by atoms with Crippen molar-refractivity contribution in [2.75, 3.05) is 13.2 Å². The fourth-order valence-electron chi connectivity index (χ4n) is 1.43. The van der Waals surface area contributed by atoms with Crippen molar-refractivity contribution in [1.82, 2.24) is 15.2 Å². The number of carbonyl (C=O) groups excluding carboxylic acids is 1. The molecule has 0 aliphatic heterocycles. The summed E-state index contributed by atoms with van der Waals surface area (Å²) >= 11 is 0. The maximum Gasteiger partial charge on any atom is 0.378 e. The number of hydrogen-bond donors (Lipinski definition) is 2. The van der Waals surface area contributed by atoms with Crippen LogP contribution in [0.3, 0.4) is 0 Å². The van der Waals surface area contributed by atoms with Crippen LogP contribution in [-0.2, 0) is 4.74 Å². The van der Waals surface area contributed by atoms with E-state index in [2.05, 4.69) is 15.2 Å². The molecule has 6 nitrogen and oxygen atoms in total. The highest BCUT2D eigenvalue weighted by atomic mass is 16.5. The van der Waals surface area contributed by atoms with E-state index in [0.717, 1.165) is 0 Å². The third-order valence-electron chi connectivity index (χ3n) is 2.37. The minimum Gasteiger partial charge on any atom is -0.460 e. The molecular formula is C10H18N4O2. The van der Waals surface area contributed by atoms with E-state index in [-0.39, 0.29) is 11.7 Å². The lowest BCUT2D eigenvalue weighted by Gasteiger charge is -2.14. The molecule has 0 aromatic carbocycles. The second kappa shape index (κ2) is 5.60. The maximum absolute atomic E-state index is 11.3. The van der Waals surface area contributed by atoms with Crippen LogP contribution in [0.5, 0.6) is 0 Å². The molecule has 0 radical (unpaired) electrons. The van der Waals surface area contributed by atoms with Crippen LogP contribution < -0.4 is 5.73 Å².